The summed E-state index contributed by atoms with van der Waals surface area (Å²) in [5.74, 6) is 1.20. The van der Waals surface area contributed by atoms with E-state index in [0.717, 1.165) is 0 Å². The van der Waals surface area contributed by atoms with E-state index in [9.17, 15) is 0 Å². The number of hydrogen-bond donors (Lipinski definition) is 0. The van der Waals surface area contributed by atoms with E-state index in [1.54, 1.807) is 0 Å². The quantitative estimate of drug-likeness (QED) is 0.581. The molecule has 2 unspecified atom stereocenters. The van der Waals surface area contributed by atoms with Crippen molar-refractivity contribution in [3.8, 4) is 0 Å². The number of fused-ring (bicyclic) bond motifs is 2. The first-order chi connectivity index (χ1) is 7.58. The molecule has 0 aliphatic heterocycles. The van der Waals surface area contributed by atoms with Gasteiger partial charge < -0.3 is 0 Å². The van der Waals surface area contributed by atoms with Gasteiger partial charge in [-0.15, -0.1) is 0 Å². The third kappa shape index (κ3) is 1.16. The summed E-state index contributed by atoms with van der Waals surface area (Å²) >= 11 is 0. The van der Waals surface area contributed by atoms with Crippen molar-refractivity contribution in [1.82, 2.24) is 0 Å². The normalized spacial score (nSPS) is 26.2. The van der Waals surface area contributed by atoms with Crippen LogP contribution in [0.2, 0.25) is 0 Å². The number of hydrogen-bond acceptors (Lipinski definition) is 0. The van der Waals surface area contributed by atoms with Crippen molar-refractivity contribution in [2.75, 3.05) is 0 Å². The molecular formula is C16H18. The predicted molar refractivity (Wildman–Crippen MR) is 70.6 cm³/mol. The van der Waals surface area contributed by atoms with Gasteiger partial charge in [0, 0.05) is 11.8 Å². The Kier molecular flexibility index (Phi) is 1.92. The van der Waals surface area contributed by atoms with Crippen LogP contribution in [0.25, 0.3) is 12.2 Å². The second kappa shape index (κ2) is 3.10. The van der Waals surface area contributed by atoms with E-state index in [0.29, 0.717) is 11.8 Å². The molecule has 0 bridgehead atoms. The summed E-state index contributed by atoms with van der Waals surface area (Å²) in [5.41, 5.74) is 8.89. The summed E-state index contributed by atoms with van der Waals surface area (Å²) in [4.78, 5) is 0. The van der Waals surface area contributed by atoms with Gasteiger partial charge in [0.15, 0.2) is 0 Å². The average Bonchev–Trinajstić information content (AvgIpc) is 2.67. The van der Waals surface area contributed by atoms with Crippen LogP contribution in [0.3, 0.4) is 0 Å². The zero-order valence-corrected chi connectivity index (χ0v) is 10.5. The summed E-state index contributed by atoms with van der Waals surface area (Å²) in [6, 6.07) is 4.80. The van der Waals surface area contributed by atoms with Gasteiger partial charge in [-0.2, -0.15) is 0 Å². The van der Waals surface area contributed by atoms with Crippen molar-refractivity contribution in [3.63, 3.8) is 0 Å². The van der Waals surface area contributed by atoms with Gasteiger partial charge in [0.25, 0.3) is 0 Å². The number of rotatable bonds is 0. The van der Waals surface area contributed by atoms with Crippen LogP contribution < -0.4 is 0 Å². The second-order valence-corrected chi connectivity index (χ2v) is 5.33. The van der Waals surface area contributed by atoms with E-state index in [2.05, 4.69) is 52.0 Å². The first-order valence-corrected chi connectivity index (χ1v) is 6.12. The minimum atomic E-state index is 0.602. The minimum absolute atomic E-state index is 0.602. The zero-order chi connectivity index (χ0) is 11.4. The Balaban J connectivity index is 2.19. The van der Waals surface area contributed by atoms with Crippen molar-refractivity contribution in [2.24, 2.45) is 0 Å². The second-order valence-electron chi connectivity index (χ2n) is 5.33. The SMILES string of the molecule is CC1=Cc2cc3c(cc2C1C)C=C(C)C3C. The molecule has 0 saturated heterocycles. The lowest BCUT2D eigenvalue weighted by Crippen LogP contribution is -1.95. The van der Waals surface area contributed by atoms with Gasteiger partial charge in [0.1, 0.15) is 0 Å². The predicted octanol–water partition coefficient (Wildman–Crippen LogP) is 4.73. The maximum absolute atomic E-state index is 2.40. The molecule has 1 aromatic rings. The zero-order valence-electron chi connectivity index (χ0n) is 10.5. The standard InChI is InChI=1S/C16H18/c1-9-5-13-7-16-12(4)10(2)6-14(16)8-15(13)11(9)3/h5-8,11-12H,1-4H3. The molecular weight excluding hydrogens is 192 g/mol. The molecule has 0 fully saturated rings. The smallest absolute Gasteiger partial charge is 0.00265 e. The molecule has 3 rings (SSSR count). The monoisotopic (exact) mass is 210 g/mol. The van der Waals surface area contributed by atoms with Gasteiger partial charge in [-0.05, 0) is 36.1 Å². The Hall–Kier alpha value is -1.30. The largest absolute Gasteiger partial charge is 0.0655 e. The third-order valence-corrected chi connectivity index (χ3v) is 4.35. The third-order valence-electron chi connectivity index (χ3n) is 4.35. The Bertz CT molecular complexity index is 479. The van der Waals surface area contributed by atoms with Gasteiger partial charge in [-0.3, -0.25) is 0 Å². The highest BCUT2D eigenvalue weighted by Gasteiger charge is 2.24. The van der Waals surface area contributed by atoms with Gasteiger partial charge in [-0.25, -0.2) is 0 Å². The molecule has 2 atom stereocenters. The summed E-state index contributed by atoms with van der Waals surface area (Å²) in [5, 5.41) is 0. The van der Waals surface area contributed by atoms with Crippen molar-refractivity contribution in [2.45, 2.75) is 39.5 Å². The van der Waals surface area contributed by atoms with Gasteiger partial charge >= 0.3 is 0 Å². The average molecular weight is 210 g/mol. The fourth-order valence-electron chi connectivity index (χ4n) is 2.90. The van der Waals surface area contributed by atoms with Crippen LogP contribution in [0, 0.1) is 0 Å². The van der Waals surface area contributed by atoms with E-state index in [-0.39, 0.29) is 0 Å². The van der Waals surface area contributed by atoms with Crippen molar-refractivity contribution < 1.29 is 0 Å². The molecule has 0 aromatic heterocycles. The first kappa shape index (κ1) is 9.89. The van der Waals surface area contributed by atoms with E-state index < -0.39 is 0 Å². The topological polar surface area (TPSA) is 0 Å². The molecule has 2 aliphatic rings. The maximum Gasteiger partial charge on any atom is 0.00265 e. The molecule has 1 aromatic carbocycles. The van der Waals surface area contributed by atoms with Crippen LogP contribution in [-0.4, -0.2) is 0 Å². The molecule has 0 saturated carbocycles. The molecule has 0 heterocycles. The number of benzene rings is 1. The van der Waals surface area contributed by atoms with E-state index in [1.807, 2.05) is 0 Å². The highest BCUT2D eigenvalue weighted by Crippen LogP contribution is 2.42. The lowest BCUT2D eigenvalue weighted by molar-refractivity contribution is 0.903. The Morgan fingerprint density at radius 2 is 1.12 bits per heavy atom. The Morgan fingerprint density at radius 1 is 0.750 bits per heavy atom. The summed E-state index contributed by atoms with van der Waals surface area (Å²) < 4.78 is 0. The fraction of sp³-hybridized carbons (Fsp3) is 0.375. The minimum Gasteiger partial charge on any atom is -0.0655 e. The maximum atomic E-state index is 2.40. The van der Waals surface area contributed by atoms with Gasteiger partial charge in [0.2, 0.25) is 0 Å². The van der Waals surface area contributed by atoms with Crippen molar-refractivity contribution >= 4 is 12.2 Å². The molecule has 0 nitrogen and oxygen atoms in total. The molecule has 16 heavy (non-hydrogen) atoms. The Labute approximate surface area is 97.7 Å². The van der Waals surface area contributed by atoms with E-state index in [1.165, 1.54) is 33.4 Å². The van der Waals surface area contributed by atoms with E-state index >= 15 is 0 Å². The lowest BCUT2D eigenvalue weighted by Gasteiger charge is -2.12. The molecule has 0 amide bonds. The molecule has 0 spiro atoms. The summed E-state index contributed by atoms with van der Waals surface area (Å²) in [6.45, 7) is 9.08. The molecule has 0 N–H and O–H groups in total. The van der Waals surface area contributed by atoms with Crippen LogP contribution in [0.1, 0.15) is 61.8 Å². The molecule has 0 radical (unpaired) electrons. The summed E-state index contributed by atoms with van der Waals surface area (Å²) in [7, 11) is 0. The molecule has 2 aliphatic carbocycles. The van der Waals surface area contributed by atoms with Crippen LogP contribution in [0.15, 0.2) is 23.3 Å². The highest BCUT2D eigenvalue weighted by atomic mass is 14.3. The molecule has 0 heteroatoms. The van der Waals surface area contributed by atoms with Crippen molar-refractivity contribution in [1.29, 1.82) is 0 Å². The van der Waals surface area contributed by atoms with Crippen molar-refractivity contribution in [3.05, 3.63) is 45.5 Å². The highest BCUT2D eigenvalue weighted by molar-refractivity contribution is 5.74. The lowest BCUT2D eigenvalue weighted by atomic mass is 9.92. The van der Waals surface area contributed by atoms with Crippen LogP contribution in [-0.2, 0) is 0 Å². The molecule has 82 valence electrons. The Morgan fingerprint density at radius 3 is 1.50 bits per heavy atom. The van der Waals surface area contributed by atoms with Crippen LogP contribution in [0.4, 0.5) is 0 Å². The van der Waals surface area contributed by atoms with Crippen LogP contribution in [0.5, 0.6) is 0 Å². The number of allylic oxidation sites excluding steroid dienone is 2. The summed E-state index contributed by atoms with van der Waals surface area (Å²) in [6.07, 6.45) is 4.70. The first-order valence-electron chi connectivity index (χ1n) is 6.12. The van der Waals surface area contributed by atoms with Gasteiger partial charge in [-0.1, -0.05) is 49.3 Å². The van der Waals surface area contributed by atoms with E-state index in [4.69, 9.17) is 0 Å². The fourth-order valence-corrected chi connectivity index (χ4v) is 2.90. The van der Waals surface area contributed by atoms with Gasteiger partial charge in [0.05, 0.1) is 0 Å². The van der Waals surface area contributed by atoms with Crippen LogP contribution >= 0.6 is 0 Å².